The van der Waals surface area contributed by atoms with Gasteiger partial charge in [0, 0.05) is 16.8 Å². The molecule has 1 atom stereocenters. The van der Waals surface area contributed by atoms with E-state index in [2.05, 4.69) is 4.99 Å². The van der Waals surface area contributed by atoms with E-state index >= 15 is 0 Å². The van der Waals surface area contributed by atoms with Crippen LogP contribution in [0.4, 0.5) is 0 Å². The van der Waals surface area contributed by atoms with Crippen molar-refractivity contribution in [2.75, 3.05) is 7.11 Å². The molecule has 0 radical (unpaired) electrons. The van der Waals surface area contributed by atoms with Crippen molar-refractivity contribution in [2.24, 2.45) is 4.99 Å². The Hall–Kier alpha value is -3.39. The SMILES string of the molecule is COc1ccc(/C=c2/sc3n(c2=O)[C@H](c2ccc(-c4ccc(Cl)c(Cl)c4)o2)C(C(C)=O)=C(C)N=3)cc1. The van der Waals surface area contributed by atoms with E-state index in [1.54, 1.807) is 50.4 Å². The van der Waals surface area contributed by atoms with Gasteiger partial charge in [0.2, 0.25) is 0 Å². The van der Waals surface area contributed by atoms with Gasteiger partial charge in [0.05, 0.1) is 21.7 Å². The number of aromatic nitrogens is 1. The lowest BCUT2D eigenvalue weighted by molar-refractivity contribution is -0.114. The lowest BCUT2D eigenvalue weighted by Gasteiger charge is -2.22. The highest BCUT2D eigenvalue weighted by molar-refractivity contribution is 7.07. The summed E-state index contributed by atoms with van der Waals surface area (Å²) in [5.74, 6) is 1.54. The van der Waals surface area contributed by atoms with E-state index in [4.69, 9.17) is 32.4 Å². The molecule has 0 fully saturated rings. The Balaban J connectivity index is 1.66. The Morgan fingerprint density at radius 2 is 1.86 bits per heavy atom. The van der Waals surface area contributed by atoms with Crippen molar-refractivity contribution in [1.29, 1.82) is 0 Å². The minimum atomic E-state index is -0.742. The van der Waals surface area contributed by atoms with E-state index < -0.39 is 6.04 Å². The maximum Gasteiger partial charge on any atom is 0.271 e. The summed E-state index contributed by atoms with van der Waals surface area (Å²) in [6.07, 6.45) is 1.80. The van der Waals surface area contributed by atoms with Crippen LogP contribution in [0.15, 0.2) is 80.1 Å². The topological polar surface area (TPSA) is 73.8 Å². The van der Waals surface area contributed by atoms with Gasteiger partial charge >= 0.3 is 0 Å². The van der Waals surface area contributed by atoms with Crippen LogP contribution in [0.5, 0.6) is 5.75 Å². The number of halogens is 2. The van der Waals surface area contributed by atoms with Crippen molar-refractivity contribution < 1.29 is 13.9 Å². The molecule has 2 aromatic heterocycles. The smallest absolute Gasteiger partial charge is 0.271 e. The van der Waals surface area contributed by atoms with E-state index in [-0.39, 0.29) is 11.3 Å². The van der Waals surface area contributed by atoms with Gasteiger partial charge in [0.25, 0.3) is 5.56 Å². The Bertz CT molecular complexity index is 1710. The van der Waals surface area contributed by atoms with E-state index in [0.717, 1.165) is 16.9 Å². The third-order valence-corrected chi connectivity index (χ3v) is 7.64. The van der Waals surface area contributed by atoms with Crippen molar-refractivity contribution >= 4 is 46.4 Å². The third kappa shape index (κ3) is 4.34. The maximum absolute atomic E-state index is 13.6. The minimum Gasteiger partial charge on any atom is -0.497 e. The zero-order chi connectivity index (χ0) is 25.6. The second kappa shape index (κ2) is 9.58. The van der Waals surface area contributed by atoms with Crippen LogP contribution in [-0.4, -0.2) is 17.5 Å². The lowest BCUT2D eigenvalue weighted by atomic mass is 9.98. The average molecular weight is 539 g/mol. The molecule has 5 rings (SSSR count). The number of carbonyl (C=O) groups excluding carboxylic acids is 1. The van der Waals surface area contributed by atoms with Crippen LogP contribution in [0, 0.1) is 0 Å². The number of ketones is 1. The molecule has 1 aliphatic rings. The molecule has 0 amide bonds. The van der Waals surface area contributed by atoms with Crippen LogP contribution in [0.1, 0.15) is 31.2 Å². The first-order valence-electron chi connectivity index (χ1n) is 11.0. The largest absolute Gasteiger partial charge is 0.497 e. The molecule has 1 aliphatic heterocycles. The first-order chi connectivity index (χ1) is 17.3. The first kappa shape index (κ1) is 24.3. The number of hydrogen-bond donors (Lipinski definition) is 0. The van der Waals surface area contributed by atoms with Gasteiger partial charge in [-0.05, 0) is 68.0 Å². The molecule has 0 N–H and O–H groups in total. The molecular formula is C27H20Cl2N2O4S. The van der Waals surface area contributed by atoms with Crippen molar-refractivity contribution in [2.45, 2.75) is 19.9 Å². The van der Waals surface area contributed by atoms with Crippen LogP contribution in [0.3, 0.4) is 0 Å². The zero-order valence-corrected chi connectivity index (χ0v) is 21.9. The Morgan fingerprint density at radius 3 is 2.53 bits per heavy atom. The second-order valence-electron chi connectivity index (χ2n) is 8.24. The predicted molar refractivity (Wildman–Crippen MR) is 142 cm³/mol. The van der Waals surface area contributed by atoms with Crippen LogP contribution >= 0.6 is 34.5 Å². The van der Waals surface area contributed by atoms with Crippen molar-refractivity contribution in [1.82, 2.24) is 4.57 Å². The Kier molecular flexibility index (Phi) is 6.47. The molecule has 36 heavy (non-hydrogen) atoms. The average Bonchev–Trinajstić information content (AvgIpc) is 3.45. The fourth-order valence-electron chi connectivity index (χ4n) is 4.20. The fraction of sp³-hybridized carbons (Fsp3) is 0.148. The number of ether oxygens (including phenoxy) is 1. The molecule has 6 nitrogen and oxygen atoms in total. The summed E-state index contributed by atoms with van der Waals surface area (Å²) >= 11 is 13.5. The van der Waals surface area contributed by atoms with E-state index in [9.17, 15) is 9.59 Å². The van der Waals surface area contributed by atoms with Crippen molar-refractivity contribution in [3.8, 4) is 17.1 Å². The lowest BCUT2D eigenvalue weighted by Crippen LogP contribution is -2.39. The summed E-state index contributed by atoms with van der Waals surface area (Å²) < 4.78 is 13.4. The summed E-state index contributed by atoms with van der Waals surface area (Å²) in [5, 5.41) is 0.840. The summed E-state index contributed by atoms with van der Waals surface area (Å²) in [7, 11) is 1.60. The third-order valence-electron chi connectivity index (χ3n) is 5.91. The molecule has 182 valence electrons. The van der Waals surface area contributed by atoms with Crippen molar-refractivity contribution in [3.63, 3.8) is 0 Å². The van der Waals surface area contributed by atoms with Crippen LogP contribution < -0.4 is 19.6 Å². The number of allylic oxidation sites excluding steroid dienone is 2. The maximum atomic E-state index is 13.6. The number of Topliss-reactive ketones (excluding diaryl/α,β-unsaturated/α-hetero) is 1. The summed E-state index contributed by atoms with van der Waals surface area (Å²) in [4.78, 5) is 31.4. The second-order valence-corrected chi connectivity index (χ2v) is 10.1. The van der Waals surface area contributed by atoms with Gasteiger partial charge in [-0.3, -0.25) is 14.2 Å². The number of benzene rings is 2. The van der Waals surface area contributed by atoms with E-state index in [1.165, 1.54) is 22.8 Å². The molecular weight excluding hydrogens is 519 g/mol. The van der Waals surface area contributed by atoms with Gasteiger partial charge < -0.3 is 9.15 Å². The highest BCUT2D eigenvalue weighted by atomic mass is 35.5. The van der Waals surface area contributed by atoms with Gasteiger partial charge in [-0.25, -0.2) is 4.99 Å². The molecule has 0 saturated carbocycles. The molecule has 3 heterocycles. The Morgan fingerprint density at radius 1 is 1.11 bits per heavy atom. The molecule has 9 heteroatoms. The van der Waals surface area contributed by atoms with Gasteiger partial charge in [-0.1, -0.05) is 46.7 Å². The standard InChI is InChI=1S/C27H20Cl2N2O4S/c1-14-24(15(2)32)25(22-11-10-21(35-22)17-6-9-19(28)20(29)13-17)31-26(33)23(36-27(31)30-14)12-16-4-7-18(34-3)8-5-16/h4-13,25H,1-3H3/b23-12+/t25-/m1/s1. The summed E-state index contributed by atoms with van der Waals surface area (Å²) in [5.41, 5.74) is 2.29. The number of carbonyl (C=O) groups is 1. The molecule has 0 unspecified atom stereocenters. The van der Waals surface area contributed by atoms with Gasteiger partial charge in [-0.2, -0.15) is 0 Å². The minimum absolute atomic E-state index is 0.182. The number of fused-ring (bicyclic) bond motifs is 1. The van der Waals surface area contributed by atoms with Gasteiger partial charge in [0.1, 0.15) is 23.3 Å². The normalized spacial score (nSPS) is 15.6. The molecule has 4 aromatic rings. The number of rotatable bonds is 5. The van der Waals surface area contributed by atoms with Crippen LogP contribution in [0.2, 0.25) is 10.0 Å². The number of thiazole rings is 1. The predicted octanol–water partition coefficient (Wildman–Crippen LogP) is 5.40. The monoisotopic (exact) mass is 538 g/mol. The first-order valence-corrected chi connectivity index (χ1v) is 12.6. The number of nitrogens with zero attached hydrogens (tertiary/aromatic N) is 2. The van der Waals surface area contributed by atoms with Crippen LogP contribution in [-0.2, 0) is 4.79 Å². The number of furan rings is 1. The molecule has 0 aliphatic carbocycles. The highest BCUT2D eigenvalue weighted by Gasteiger charge is 2.33. The molecule has 2 aromatic carbocycles. The van der Waals surface area contributed by atoms with E-state index in [0.29, 0.717) is 42.2 Å². The number of methoxy groups -OCH3 is 1. The van der Waals surface area contributed by atoms with E-state index in [1.807, 2.05) is 24.3 Å². The quantitative estimate of drug-likeness (QED) is 0.341. The van der Waals surface area contributed by atoms with Crippen molar-refractivity contribution in [3.05, 3.63) is 107 Å². The van der Waals surface area contributed by atoms with Gasteiger partial charge in [-0.15, -0.1) is 0 Å². The molecule has 0 bridgehead atoms. The van der Waals surface area contributed by atoms with Gasteiger partial charge in [0.15, 0.2) is 10.6 Å². The summed E-state index contributed by atoms with van der Waals surface area (Å²) in [6, 6.07) is 15.4. The summed E-state index contributed by atoms with van der Waals surface area (Å²) in [6.45, 7) is 3.24. The highest BCUT2D eigenvalue weighted by Crippen LogP contribution is 2.35. The molecule has 0 saturated heterocycles. The zero-order valence-electron chi connectivity index (χ0n) is 19.5. The fourth-order valence-corrected chi connectivity index (χ4v) is 5.54. The Labute approximate surface area is 220 Å². The number of hydrogen-bond acceptors (Lipinski definition) is 6. The van der Waals surface area contributed by atoms with Crippen LogP contribution in [0.25, 0.3) is 17.4 Å². The molecule has 0 spiro atoms.